The molecule has 0 saturated heterocycles. The van der Waals surface area contributed by atoms with E-state index in [0.29, 0.717) is 0 Å². The highest BCUT2D eigenvalue weighted by molar-refractivity contribution is 5.66. The minimum absolute atomic E-state index is 0.0408. The predicted octanol–water partition coefficient (Wildman–Crippen LogP) is -0.481. The number of hydrogen-bond donors (Lipinski definition) is 1. The number of hydrogen-bond acceptors (Lipinski definition) is 8. The maximum absolute atomic E-state index is 11.1. The van der Waals surface area contributed by atoms with E-state index in [2.05, 4.69) is 0 Å². The molecule has 124 valence electrons. The van der Waals surface area contributed by atoms with E-state index < -0.39 is 36.4 Å². The van der Waals surface area contributed by atoms with E-state index in [1.807, 2.05) is 0 Å². The lowest BCUT2D eigenvalue weighted by Gasteiger charge is -2.32. The second-order valence-electron chi connectivity index (χ2n) is 4.37. The number of aliphatic hydroxyl groups excluding tert-OH is 1. The van der Waals surface area contributed by atoms with Gasteiger partial charge < -0.3 is 28.8 Å². The smallest absolute Gasteiger partial charge is 0.303 e. The summed E-state index contributed by atoms with van der Waals surface area (Å²) < 4.78 is 25.1. The van der Waals surface area contributed by atoms with Gasteiger partial charge in [-0.3, -0.25) is 9.59 Å². The first-order valence-electron chi connectivity index (χ1n) is 6.40. The average molecular weight is 308 g/mol. The Bertz CT molecular complexity index is 319. The van der Waals surface area contributed by atoms with Gasteiger partial charge in [-0.1, -0.05) is 0 Å². The average Bonchev–Trinajstić information content (AvgIpc) is 2.39. The molecule has 0 radical (unpaired) electrons. The molecule has 0 bridgehead atoms. The zero-order valence-electron chi connectivity index (χ0n) is 13.0. The van der Waals surface area contributed by atoms with Gasteiger partial charge >= 0.3 is 11.9 Å². The van der Waals surface area contributed by atoms with Crippen molar-refractivity contribution in [2.45, 2.75) is 38.3 Å². The maximum atomic E-state index is 11.1. The summed E-state index contributed by atoms with van der Waals surface area (Å²) in [5, 5.41) is 10.3. The normalized spacial score (nSPS) is 16.7. The third kappa shape index (κ3) is 7.37. The number of carbonyl (C=O) groups excluding carboxylic acids is 2. The van der Waals surface area contributed by atoms with Gasteiger partial charge in [0, 0.05) is 35.2 Å². The molecule has 1 N–H and O–H groups in total. The monoisotopic (exact) mass is 308 g/mol. The van der Waals surface area contributed by atoms with Crippen LogP contribution in [0.5, 0.6) is 0 Å². The molecular weight excluding hydrogens is 284 g/mol. The Balaban J connectivity index is 4.90. The van der Waals surface area contributed by atoms with Crippen molar-refractivity contribution in [3.8, 4) is 0 Å². The molecular formula is C13H24O8. The molecule has 0 heterocycles. The molecule has 0 spiro atoms. The Labute approximate surface area is 124 Å². The van der Waals surface area contributed by atoms with Crippen molar-refractivity contribution < 1.29 is 38.4 Å². The molecule has 4 unspecified atom stereocenters. The van der Waals surface area contributed by atoms with Crippen LogP contribution in [0, 0.1) is 0 Å². The van der Waals surface area contributed by atoms with Gasteiger partial charge in [-0.25, -0.2) is 0 Å². The third-order valence-corrected chi connectivity index (χ3v) is 2.76. The lowest BCUT2D eigenvalue weighted by Crippen LogP contribution is -2.50. The Morgan fingerprint density at radius 3 is 1.95 bits per heavy atom. The summed E-state index contributed by atoms with van der Waals surface area (Å²) in [4.78, 5) is 21.9. The molecule has 4 atom stereocenters. The summed E-state index contributed by atoms with van der Waals surface area (Å²) in [5.41, 5.74) is 0. The van der Waals surface area contributed by atoms with Crippen molar-refractivity contribution in [2.75, 3.05) is 34.5 Å². The Hall–Kier alpha value is -1.22. The van der Waals surface area contributed by atoms with Crippen molar-refractivity contribution in [3.05, 3.63) is 0 Å². The number of esters is 2. The van der Waals surface area contributed by atoms with Gasteiger partial charge in [0.25, 0.3) is 0 Å². The van der Waals surface area contributed by atoms with Gasteiger partial charge in [-0.2, -0.15) is 0 Å². The third-order valence-electron chi connectivity index (χ3n) is 2.76. The second-order valence-corrected chi connectivity index (χ2v) is 4.37. The van der Waals surface area contributed by atoms with Crippen LogP contribution in [0.2, 0.25) is 0 Å². The molecule has 8 nitrogen and oxygen atoms in total. The summed E-state index contributed by atoms with van der Waals surface area (Å²) in [5.74, 6) is -1.02. The lowest BCUT2D eigenvalue weighted by atomic mass is 10.0. The van der Waals surface area contributed by atoms with Crippen LogP contribution >= 0.6 is 0 Å². The minimum Gasteiger partial charge on any atom is -0.463 e. The second kappa shape index (κ2) is 10.5. The molecule has 0 aliphatic carbocycles. The molecule has 0 aromatic heterocycles. The van der Waals surface area contributed by atoms with Gasteiger partial charge in [0.05, 0.1) is 6.61 Å². The molecule has 0 saturated carbocycles. The van der Waals surface area contributed by atoms with E-state index in [0.717, 1.165) is 0 Å². The van der Waals surface area contributed by atoms with Crippen LogP contribution in [0.15, 0.2) is 0 Å². The quantitative estimate of drug-likeness (QED) is 0.540. The van der Waals surface area contributed by atoms with Crippen molar-refractivity contribution >= 4 is 11.9 Å². The number of rotatable bonds is 10. The fourth-order valence-corrected chi connectivity index (χ4v) is 1.80. The summed E-state index contributed by atoms with van der Waals surface area (Å²) >= 11 is 0. The predicted molar refractivity (Wildman–Crippen MR) is 71.7 cm³/mol. The highest BCUT2D eigenvalue weighted by Crippen LogP contribution is 2.15. The van der Waals surface area contributed by atoms with Gasteiger partial charge in [-0.05, 0) is 0 Å². The van der Waals surface area contributed by atoms with E-state index in [1.165, 1.54) is 35.2 Å². The molecule has 0 amide bonds. The van der Waals surface area contributed by atoms with E-state index in [9.17, 15) is 14.7 Å². The number of carbonyl (C=O) groups is 2. The highest BCUT2D eigenvalue weighted by atomic mass is 16.6. The SMILES string of the molecule is COCC(OC(C)=O)C(OC)C(O)C(COC(C)=O)OC. The van der Waals surface area contributed by atoms with Crippen LogP contribution in [-0.4, -0.2) is 76.0 Å². The standard InChI is InChI=1S/C13H24O8/c1-8(14)20-7-10(18-4)12(16)13(19-5)11(6-17-3)21-9(2)15/h10-13,16H,6-7H2,1-5H3. The Morgan fingerprint density at radius 1 is 0.952 bits per heavy atom. The summed E-state index contributed by atoms with van der Waals surface area (Å²) in [6.07, 6.45) is -3.72. The lowest BCUT2D eigenvalue weighted by molar-refractivity contribution is -0.179. The number of aliphatic hydroxyl groups is 1. The zero-order valence-corrected chi connectivity index (χ0v) is 13.0. The summed E-state index contributed by atoms with van der Waals surface area (Å²) in [6, 6.07) is 0. The molecule has 0 rings (SSSR count). The van der Waals surface area contributed by atoms with Crippen LogP contribution < -0.4 is 0 Å². The van der Waals surface area contributed by atoms with Crippen molar-refractivity contribution in [1.29, 1.82) is 0 Å². The largest absolute Gasteiger partial charge is 0.463 e. The fourth-order valence-electron chi connectivity index (χ4n) is 1.80. The van der Waals surface area contributed by atoms with Gasteiger partial charge in [0.15, 0.2) is 6.10 Å². The Kier molecular flexibility index (Phi) is 9.89. The maximum Gasteiger partial charge on any atom is 0.303 e. The first-order chi connectivity index (χ1) is 9.87. The van der Waals surface area contributed by atoms with Crippen LogP contribution in [0.25, 0.3) is 0 Å². The summed E-state index contributed by atoms with van der Waals surface area (Å²) in [7, 11) is 4.15. The summed E-state index contributed by atoms with van der Waals surface area (Å²) in [6.45, 7) is 2.39. The molecule has 21 heavy (non-hydrogen) atoms. The molecule has 8 heteroatoms. The molecule has 0 aromatic rings. The van der Waals surface area contributed by atoms with Crippen LogP contribution in [-0.2, 0) is 33.3 Å². The van der Waals surface area contributed by atoms with Crippen LogP contribution in [0.4, 0.5) is 0 Å². The molecule has 0 fully saturated rings. The van der Waals surface area contributed by atoms with Crippen LogP contribution in [0.3, 0.4) is 0 Å². The van der Waals surface area contributed by atoms with E-state index in [1.54, 1.807) is 0 Å². The van der Waals surface area contributed by atoms with Crippen molar-refractivity contribution in [2.24, 2.45) is 0 Å². The minimum atomic E-state index is -1.18. The number of ether oxygens (including phenoxy) is 5. The highest BCUT2D eigenvalue weighted by Gasteiger charge is 2.36. The molecule has 0 aliphatic heterocycles. The van der Waals surface area contributed by atoms with Crippen molar-refractivity contribution in [3.63, 3.8) is 0 Å². The molecule has 0 aromatic carbocycles. The number of methoxy groups -OCH3 is 3. The van der Waals surface area contributed by atoms with Crippen LogP contribution in [0.1, 0.15) is 13.8 Å². The van der Waals surface area contributed by atoms with Gasteiger partial charge in [0.1, 0.15) is 24.9 Å². The van der Waals surface area contributed by atoms with E-state index >= 15 is 0 Å². The van der Waals surface area contributed by atoms with E-state index in [4.69, 9.17) is 23.7 Å². The van der Waals surface area contributed by atoms with Crippen molar-refractivity contribution in [1.82, 2.24) is 0 Å². The van der Waals surface area contributed by atoms with Gasteiger partial charge in [0.2, 0.25) is 0 Å². The Morgan fingerprint density at radius 2 is 1.57 bits per heavy atom. The fraction of sp³-hybridized carbons (Fsp3) is 0.846. The zero-order chi connectivity index (χ0) is 16.4. The molecule has 0 aliphatic rings. The van der Waals surface area contributed by atoms with Gasteiger partial charge in [-0.15, -0.1) is 0 Å². The first kappa shape index (κ1) is 19.8. The first-order valence-corrected chi connectivity index (χ1v) is 6.40. The topological polar surface area (TPSA) is 101 Å². The van der Waals surface area contributed by atoms with E-state index in [-0.39, 0.29) is 13.2 Å².